The Hall–Kier alpha value is -2.27. The molecule has 0 unspecified atom stereocenters. The van der Waals surface area contributed by atoms with Crippen molar-refractivity contribution in [1.82, 2.24) is 15.5 Å². The molecule has 0 aromatic heterocycles. The summed E-state index contributed by atoms with van der Waals surface area (Å²) in [5, 5.41) is 9.09. The Morgan fingerprint density at radius 2 is 1.72 bits per heavy atom. The van der Waals surface area contributed by atoms with Crippen molar-refractivity contribution in [2.45, 2.75) is 12.8 Å². The number of rotatable bonds is 9. The monoisotopic (exact) mass is 342 g/mol. The third kappa shape index (κ3) is 7.01. The highest BCUT2D eigenvalue weighted by atomic mass is 16.5. The molecule has 5 heteroatoms. The third-order valence-electron chi connectivity index (χ3n) is 3.90. The highest BCUT2D eigenvalue weighted by Crippen LogP contribution is 2.20. The highest BCUT2D eigenvalue weighted by molar-refractivity contribution is 5.83. The Kier molecular flexibility index (Phi) is 8.05. The van der Waals surface area contributed by atoms with Crippen LogP contribution in [-0.2, 0) is 0 Å². The SMILES string of the molecule is CN=C(NCCCOc1ccc2ccccc2c1)NCCCN(C)C. The number of hydrogen-bond acceptors (Lipinski definition) is 3. The molecular weight excluding hydrogens is 312 g/mol. The fraction of sp³-hybridized carbons (Fsp3) is 0.450. The van der Waals surface area contributed by atoms with Crippen LogP contribution in [0.4, 0.5) is 0 Å². The molecule has 5 nitrogen and oxygen atoms in total. The number of hydrogen-bond donors (Lipinski definition) is 2. The molecule has 136 valence electrons. The van der Waals surface area contributed by atoms with Crippen molar-refractivity contribution in [1.29, 1.82) is 0 Å². The van der Waals surface area contributed by atoms with Gasteiger partial charge in [-0.3, -0.25) is 4.99 Å². The predicted molar refractivity (Wildman–Crippen MR) is 107 cm³/mol. The molecule has 0 atom stereocenters. The van der Waals surface area contributed by atoms with Gasteiger partial charge in [-0.25, -0.2) is 0 Å². The van der Waals surface area contributed by atoms with Crippen LogP contribution >= 0.6 is 0 Å². The first-order valence-corrected chi connectivity index (χ1v) is 8.90. The third-order valence-corrected chi connectivity index (χ3v) is 3.90. The molecule has 0 bridgehead atoms. The smallest absolute Gasteiger partial charge is 0.190 e. The van der Waals surface area contributed by atoms with E-state index in [-0.39, 0.29) is 0 Å². The minimum absolute atomic E-state index is 0.683. The van der Waals surface area contributed by atoms with E-state index in [1.807, 2.05) is 12.1 Å². The van der Waals surface area contributed by atoms with Gasteiger partial charge in [0.05, 0.1) is 6.61 Å². The van der Waals surface area contributed by atoms with Crippen molar-refractivity contribution in [3.8, 4) is 5.75 Å². The molecule has 0 radical (unpaired) electrons. The second kappa shape index (κ2) is 10.6. The molecule has 0 saturated carbocycles. The van der Waals surface area contributed by atoms with Gasteiger partial charge in [0.1, 0.15) is 5.75 Å². The Morgan fingerprint density at radius 1 is 1.00 bits per heavy atom. The molecule has 2 N–H and O–H groups in total. The minimum Gasteiger partial charge on any atom is -0.494 e. The van der Waals surface area contributed by atoms with Crippen molar-refractivity contribution < 1.29 is 4.74 Å². The van der Waals surface area contributed by atoms with Gasteiger partial charge in [-0.2, -0.15) is 0 Å². The fourth-order valence-corrected chi connectivity index (χ4v) is 2.55. The van der Waals surface area contributed by atoms with Crippen molar-refractivity contribution in [2.24, 2.45) is 4.99 Å². The Balaban J connectivity index is 1.63. The van der Waals surface area contributed by atoms with Gasteiger partial charge in [-0.1, -0.05) is 30.3 Å². The van der Waals surface area contributed by atoms with Crippen LogP contribution in [0.2, 0.25) is 0 Å². The summed E-state index contributed by atoms with van der Waals surface area (Å²) < 4.78 is 5.85. The van der Waals surface area contributed by atoms with Crippen LogP contribution in [0.15, 0.2) is 47.5 Å². The standard InChI is InChI=1S/C20H30N4O/c1-21-20(22-12-6-14-24(2)3)23-13-7-15-25-19-11-10-17-8-4-5-9-18(17)16-19/h4-5,8-11,16H,6-7,12-15H2,1-3H3,(H2,21,22,23). The number of benzene rings is 2. The van der Waals surface area contributed by atoms with E-state index >= 15 is 0 Å². The van der Waals surface area contributed by atoms with E-state index in [1.54, 1.807) is 7.05 Å². The summed E-state index contributed by atoms with van der Waals surface area (Å²) in [6.07, 6.45) is 2.02. The van der Waals surface area contributed by atoms with Crippen LogP contribution in [0, 0.1) is 0 Å². The topological polar surface area (TPSA) is 48.9 Å². The molecule has 0 heterocycles. The molecule has 0 aliphatic rings. The Bertz CT molecular complexity index is 670. The largest absolute Gasteiger partial charge is 0.494 e. The van der Waals surface area contributed by atoms with Crippen LogP contribution in [0.1, 0.15) is 12.8 Å². The fourth-order valence-electron chi connectivity index (χ4n) is 2.55. The normalized spacial score (nSPS) is 11.8. The lowest BCUT2D eigenvalue weighted by Crippen LogP contribution is -2.39. The molecule has 2 aromatic rings. The average Bonchev–Trinajstić information content (AvgIpc) is 2.62. The minimum atomic E-state index is 0.683. The first-order valence-electron chi connectivity index (χ1n) is 8.90. The van der Waals surface area contributed by atoms with Crippen molar-refractivity contribution in [3.05, 3.63) is 42.5 Å². The quantitative estimate of drug-likeness (QED) is 0.418. The zero-order chi connectivity index (χ0) is 17.9. The first-order chi connectivity index (χ1) is 12.2. The van der Waals surface area contributed by atoms with E-state index in [0.717, 1.165) is 44.2 Å². The number of fused-ring (bicyclic) bond motifs is 1. The van der Waals surface area contributed by atoms with Crippen LogP contribution in [0.3, 0.4) is 0 Å². The predicted octanol–water partition coefficient (Wildman–Crippen LogP) is 2.73. The number of ether oxygens (including phenoxy) is 1. The van der Waals surface area contributed by atoms with Crippen LogP contribution in [-0.4, -0.2) is 58.2 Å². The molecule has 25 heavy (non-hydrogen) atoms. The molecular formula is C20H30N4O. The molecule has 0 aliphatic carbocycles. The van der Waals surface area contributed by atoms with E-state index in [9.17, 15) is 0 Å². The van der Waals surface area contributed by atoms with Gasteiger partial charge in [0.2, 0.25) is 0 Å². The lowest BCUT2D eigenvalue weighted by atomic mass is 10.1. The average molecular weight is 342 g/mol. The van der Waals surface area contributed by atoms with Gasteiger partial charge < -0.3 is 20.3 Å². The summed E-state index contributed by atoms with van der Waals surface area (Å²) in [6, 6.07) is 14.5. The zero-order valence-electron chi connectivity index (χ0n) is 15.6. The summed E-state index contributed by atoms with van der Waals surface area (Å²) in [5.74, 6) is 1.77. The van der Waals surface area contributed by atoms with E-state index in [4.69, 9.17) is 4.74 Å². The van der Waals surface area contributed by atoms with E-state index < -0.39 is 0 Å². The van der Waals surface area contributed by atoms with Gasteiger partial charge in [0.15, 0.2) is 5.96 Å². The summed E-state index contributed by atoms with van der Waals surface area (Å²) in [4.78, 5) is 6.42. The lowest BCUT2D eigenvalue weighted by Gasteiger charge is -2.13. The molecule has 0 amide bonds. The summed E-state index contributed by atoms with van der Waals surface area (Å²) in [5.41, 5.74) is 0. The van der Waals surface area contributed by atoms with Crippen molar-refractivity contribution in [2.75, 3.05) is 47.4 Å². The van der Waals surface area contributed by atoms with E-state index in [1.165, 1.54) is 10.8 Å². The number of nitrogens with one attached hydrogen (secondary N) is 2. The van der Waals surface area contributed by atoms with Gasteiger partial charge >= 0.3 is 0 Å². The van der Waals surface area contributed by atoms with Gasteiger partial charge in [-0.05, 0) is 56.4 Å². The van der Waals surface area contributed by atoms with Crippen LogP contribution in [0.25, 0.3) is 10.8 Å². The Labute approximate surface area is 151 Å². The number of nitrogens with zero attached hydrogens (tertiary/aromatic N) is 2. The Morgan fingerprint density at radius 3 is 2.44 bits per heavy atom. The summed E-state index contributed by atoms with van der Waals surface area (Å²) in [6.45, 7) is 3.51. The number of guanidine groups is 1. The summed E-state index contributed by atoms with van der Waals surface area (Å²) in [7, 11) is 5.97. The van der Waals surface area contributed by atoms with Gasteiger partial charge in [0.25, 0.3) is 0 Å². The van der Waals surface area contributed by atoms with Gasteiger partial charge in [-0.15, -0.1) is 0 Å². The summed E-state index contributed by atoms with van der Waals surface area (Å²) >= 11 is 0. The van der Waals surface area contributed by atoms with Crippen LogP contribution < -0.4 is 15.4 Å². The maximum Gasteiger partial charge on any atom is 0.190 e. The maximum absolute atomic E-state index is 5.85. The van der Waals surface area contributed by atoms with Crippen LogP contribution in [0.5, 0.6) is 5.75 Å². The lowest BCUT2D eigenvalue weighted by molar-refractivity contribution is 0.311. The molecule has 0 saturated heterocycles. The molecule has 2 rings (SSSR count). The molecule has 0 fully saturated rings. The van der Waals surface area contributed by atoms with E-state index in [2.05, 4.69) is 65.0 Å². The van der Waals surface area contributed by atoms with Crippen molar-refractivity contribution in [3.63, 3.8) is 0 Å². The van der Waals surface area contributed by atoms with Crippen molar-refractivity contribution >= 4 is 16.7 Å². The number of aliphatic imine (C=N–C) groups is 1. The highest BCUT2D eigenvalue weighted by Gasteiger charge is 1.99. The molecule has 0 spiro atoms. The van der Waals surface area contributed by atoms with Gasteiger partial charge in [0, 0.05) is 20.1 Å². The zero-order valence-corrected chi connectivity index (χ0v) is 15.6. The molecule has 2 aromatic carbocycles. The molecule has 0 aliphatic heterocycles. The van der Waals surface area contributed by atoms with E-state index in [0.29, 0.717) is 6.61 Å². The maximum atomic E-state index is 5.85. The second-order valence-corrected chi connectivity index (χ2v) is 6.29. The first kappa shape index (κ1) is 19.1. The second-order valence-electron chi connectivity index (χ2n) is 6.29.